The molecule has 0 saturated heterocycles. The van der Waals surface area contributed by atoms with Gasteiger partial charge in [0.1, 0.15) is 0 Å². The van der Waals surface area contributed by atoms with Crippen molar-refractivity contribution in [1.29, 1.82) is 10.8 Å². The Hall–Kier alpha value is -2.09. The number of carbonyl (C=O) groups is 1. The van der Waals surface area contributed by atoms with E-state index in [1.165, 1.54) is 44.9 Å². The minimum absolute atomic E-state index is 0.255. The minimum atomic E-state index is -0.255. The van der Waals surface area contributed by atoms with Crippen molar-refractivity contribution in [2.75, 3.05) is 12.3 Å². The molecule has 0 aliphatic rings. The van der Waals surface area contributed by atoms with Crippen molar-refractivity contribution in [2.24, 2.45) is 0 Å². The number of benzene rings is 1. The van der Waals surface area contributed by atoms with E-state index in [-0.39, 0.29) is 5.97 Å². The van der Waals surface area contributed by atoms with E-state index < -0.39 is 0 Å². The van der Waals surface area contributed by atoms with Crippen LogP contribution in [-0.4, -0.2) is 12.6 Å². The van der Waals surface area contributed by atoms with Crippen molar-refractivity contribution >= 4 is 11.7 Å². The van der Waals surface area contributed by atoms with Gasteiger partial charge in [0.05, 0.1) is 12.2 Å². The van der Waals surface area contributed by atoms with E-state index in [0.717, 1.165) is 12.8 Å². The molecule has 0 bridgehead atoms. The van der Waals surface area contributed by atoms with Crippen LogP contribution in [0.5, 0.6) is 0 Å². The Kier molecular flexibility index (Phi) is 13.5. The maximum absolute atomic E-state index is 11.7. The summed E-state index contributed by atoms with van der Waals surface area (Å²) in [6.45, 7) is 2.75. The lowest BCUT2D eigenvalue weighted by Gasteiger charge is -2.05. The van der Waals surface area contributed by atoms with Crippen LogP contribution in [0.25, 0.3) is 0 Å². The van der Waals surface area contributed by atoms with Gasteiger partial charge in [-0.25, -0.2) is 4.79 Å². The first kappa shape index (κ1) is 20.9. The van der Waals surface area contributed by atoms with Crippen molar-refractivity contribution < 1.29 is 9.53 Å². The highest BCUT2D eigenvalue weighted by Gasteiger charge is 2.05. The predicted molar refractivity (Wildman–Crippen MR) is 91.8 cm³/mol. The third kappa shape index (κ3) is 11.2. The molecular formula is C18H29N3O2. The lowest BCUT2D eigenvalue weighted by molar-refractivity contribution is 0.0497. The number of hydrogen-bond donors (Lipinski definition) is 1. The lowest BCUT2D eigenvalue weighted by Crippen LogP contribution is -2.06. The van der Waals surface area contributed by atoms with Gasteiger partial charge in [0.2, 0.25) is 0 Å². The molecule has 1 aromatic rings. The van der Waals surface area contributed by atoms with Crippen LogP contribution in [0.15, 0.2) is 24.3 Å². The molecule has 0 aromatic heterocycles. The van der Waals surface area contributed by atoms with Gasteiger partial charge in [0.25, 0.3) is 0 Å². The van der Waals surface area contributed by atoms with Crippen LogP contribution < -0.4 is 5.73 Å². The zero-order chi connectivity index (χ0) is 17.3. The number of ether oxygens (including phenoxy) is 1. The molecule has 0 spiro atoms. The van der Waals surface area contributed by atoms with Crippen molar-refractivity contribution in [3.8, 4) is 0 Å². The van der Waals surface area contributed by atoms with Gasteiger partial charge in [-0.3, -0.25) is 0 Å². The SMILES string of the molecule is CCCCCCCCCCCOC(=O)c1ccc(N)cc1.N#N. The molecule has 0 saturated carbocycles. The van der Waals surface area contributed by atoms with Crippen molar-refractivity contribution in [3.05, 3.63) is 29.8 Å². The normalized spacial score (nSPS) is 9.70. The van der Waals surface area contributed by atoms with Crippen LogP contribution in [0.2, 0.25) is 0 Å². The summed E-state index contributed by atoms with van der Waals surface area (Å²) in [5, 5.41) is 12.0. The molecule has 0 unspecified atom stereocenters. The van der Waals surface area contributed by atoms with Crippen LogP contribution >= 0.6 is 0 Å². The second kappa shape index (κ2) is 14.8. The van der Waals surface area contributed by atoms with E-state index >= 15 is 0 Å². The highest BCUT2D eigenvalue weighted by molar-refractivity contribution is 5.89. The zero-order valence-electron chi connectivity index (χ0n) is 14.2. The first-order valence-electron chi connectivity index (χ1n) is 8.46. The van der Waals surface area contributed by atoms with Gasteiger partial charge in [-0.2, -0.15) is 0 Å². The number of esters is 1. The zero-order valence-corrected chi connectivity index (χ0v) is 14.2. The molecule has 0 aliphatic heterocycles. The maximum atomic E-state index is 11.7. The van der Waals surface area contributed by atoms with Crippen LogP contribution in [0.4, 0.5) is 5.69 Å². The highest BCUT2D eigenvalue weighted by atomic mass is 16.5. The summed E-state index contributed by atoms with van der Waals surface area (Å²) in [6, 6.07) is 6.84. The molecule has 1 aromatic carbocycles. The molecule has 5 nitrogen and oxygen atoms in total. The molecular weight excluding hydrogens is 290 g/mol. The number of nitrogens with zero attached hydrogens (tertiary/aromatic N) is 2. The Balaban J connectivity index is 0.00000232. The van der Waals surface area contributed by atoms with Gasteiger partial charge in [-0.05, 0) is 30.7 Å². The van der Waals surface area contributed by atoms with E-state index in [1.807, 2.05) is 0 Å². The minimum Gasteiger partial charge on any atom is -0.462 e. The van der Waals surface area contributed by atoms with Crippen molar-refractivity contribution in [3.63, 3.8) is 0 Å². The second-order valence-corrected chi connectivity index (χ2v) is 5.59. The third-order valence-corrected chi connectivity index (χ3v) is 3.63. The first-order chi connectivity index (χ1) is 11.2. The number of unbranched alkanes of at least 4 members (excludes halogenated alkanes) is 8. The van der Waals surface area contributed by atoms with Crippen LogP contribution in [0.1, 0.15) is 75.1 Å². The van der Waals surface area contributed by atoms with Gasteiger partial charge < -0.3 is 10.5 Å². The number of nitrogens with two attached hydrogens (primary N) is 1. The molecule has 0 amide bonds. The Bertz CT molecular complexity index is 430. The van der Waals surface area contributed by atoms with Gasteiger partial charge in [0.15, 0.2) is 0 Å². The maximum Gasteiger partial charge on any atom is 0.338 e. The Morgan fingerprint density at radius 1 is 0.913 bits per heavy atom. The van der Waals surface area contributed by atoms with E-state index in [2.05, 4.69) is 6.92 Å². The average Bonchev–Trinajstić information content (AvgIpc) is 2.59. The Morgan fingerprint density at radius 3 is 1.91 bits per heavy atom. The largest absolute Gasteiger partial charge is 0.462 e. The van der Waals surface area contributed by atoms with Crippen molar-refractivity contribution in [2.45, 2.75) is 64.7 Å². The average molecular weight is 319 g/mol. The fraction of sp³-hybridized carbons (Fsp3) is 0.611. The monoisotopic (exact) mass is 319 g/mol. The molecule has 0 heterocycles. The summed E-state index contributed by atoms with van der Waals surface area (Å²) in [6.07, 6.45) is 11.4. The third-order valence-electron chi connectivity index (χ3n) is 3.63. The molecule has 1 rings (SSSR count). The van der Waals surface area contributed by atoms with E-state index in [1.54, 1.807) is 24.3 Å². The van der Waals surface area contributed by atoms with Crippen LogP contribution in [0, 0.1) is 10.8 Å². The molecule has 5 heteroatoms. The van der Waals surface area contributed by atoms with Crippen molar-refractivity contribution in [1.82, 2.24) is 0 Å². The summed E-state index contributed by atoms with van der Waals surface area (Å²) in [7, 11) is 0. The van der Waals surface area contributed by atoms with E-state index in [9.17, 15) is 4.79 Å². The fourth-order valence-electron chi connectivity index (χ4n) is 2.28. The Morgan fingerprint density at radius 2 is 1.39 bits per heavy atom. The summed E-state index contributed by atoms with van der Waals surface area (Å²) in [5.74, 6) is -0.255. The summed E-state index contributed by atoms with van der Waals surface area (Å²) in [5.41, 5.74) is 6.81. The smallest absolute Gasteiger partial charge is 0.338 e. The van der Waals surface area contributed by atoms with Gasteiger partial charge in [0, 0.05) is 16.5 Å². The standard InChI is InChI=1S/C18H29NO2.N2/c1-2-3-4-5-6-7-8-9-10-15-21-18(20)16-11-13-17(19)14-12-16;1-2/h11-14H,2-10,15,19H2,1H3;. The van der Waals surface area contributed by atoms with Crippen LogP contribution in [-0.2, 0) is 4.74 Å². The van der Waals surface area contributed by atoms with E-state index in [4.69, 9.17) is 21.3 Å². The molecule has 0 atom stereocenters. The topological polar surface area (TPSA) is 99.9 Å². The molecule has 23 heavy (non-hydrogen) atoms. The predicted octanol–water partition coefficient (Wildman–Crippen LogP) is 4.99. The second-order valence-electron chi connectivity index (χ2n) is 5.59. The first-order valence-corrected chi connectivity index (χ1v) is 8.46. The highest BCUT2D eigenvalue weighted by Crippen LogP contribution is 2.10. The molecule has 2 N–H and O–H groups in total. The number of rotatable bonds is 11. The summed E-state index contributed by atoms with van der Waals surface area (Å²) in [4.78, 5) is 11.7. The quantitative estimate of drug-likeness (QED) is 0.268. The lowest BCUT2D eigenvalue weighted by atomic mass is 10.1. The fourth-order valence-corrected chi connectivity index (χ4v) is 2.28. The number of hydrogen-bond acceptors (Lipinski definition) is 5. The molecule has 0 aliphatic carbocycles. The molecule has 0 fully saturated rings. The molecule has 128 valence electrons. The van der Waals surface area contributed by atoms with E-state index in [0.29, 0.717) is 17.9 Å². The van der Waals surface area contributed by atoms with Crippen LogP contribution in [0.3, 0.4) is 0 Å². The number of carbonyl (C=O) groups excluding carboxylic acids is 1. The molecule has 0 radical (unpaired) electrons. The van der Waals surface area contributed by atoms with Gasteiger partial charge in [-0.15, -0.1) is 0 Å². The van der Waals surface area contributed by atoms with Gasteiger partial charge >= 0.3 is 5.97 Å². The Labute approximate surface area is 139 Å². The summed E-state index contributed by atoms with van der Waals surface area (Å²) < 4.78 is 5.25. The van der Waals surface area contributed by atoms with Gasteiger partial charge in [-0.1, -0.05) is 58.3 Å². The number of nitrogen functional groups attached to an aromatic ring is 1. The number of anilines is 1. The summed E-state index contributed by atoms with van der Waals surface area (Å²) >= 11 is 0.